The first-order chi connectivity index (χ1) is 8.77. The number of hydrogen-bond donors (Lipinski definition) is 0. The van der Waals surface area contributed by atoms with Gasteiger partial charge in [0, 0.05) is 11.8 Å². The molecule has 0 aliphatic carbocycles. The minimum Gasteiger partial charge on any atom is -0.259 e. The van der Waals surface area contributed by atoms with Crippen LogP contribution in [0.2, 0.25) is 0 Å². The molecule has 0 saturated heterocycles. The highest BCUT2D eigenvalue weighted by Crippen LogP contribution is 2.37. The number of allylic oxidation sites excluding steroid dienone is 2. The molecule has 0 N–H and O–H groups in total. The molecule has 19 heavy (non-hydrogen) atoms. The number of aromatic nitrogens is 1. The highest BCUT2D eigenvalue weighted by molar-refractivity contribution is 7.06. The Morgan fingerprint density at radius 1 is 1.37 bits per heavy atom. The quantitative estimate of drug-likeness (QED) is 0.586. The molecular formula is C13H15F3N2S. The normalized spacial score (nSPS) is 12.4. The third-order valence-electron chi connectivity index (χ3n) is 2.25. The smallest absolute Gasteiger partial charge is 0.259 e. The lowest BCUT2D eigenvalue weighted by Gasteiger charge is -2.06. The van der Waals surface area contributed by atoms with Gasteiger partial charge in [-0.05, 0) is 38.7 Å². The maximum absolute atomic E-state index is 12.8. The lowest BCUT2D eigenvalue weighted by molar-refractivity contribution is -0.134. The second-order valence-electron chi connectivity index (χ2n) is 4.25. The van der Waals surface area contributed by atoms with Gasteiger partial charge in [-0.15, -0.1) is 6.58 Å². The van der Waals surface area contributed by atoms with E-state index in [4.69, 9.17) is 0 Å². The van der Waals surface area contributed by atoms with E-state index in [1.165, 1.54) is 6.08 Å². The van der Waals surface area contributed by atoms with Gasteiger partial charge >= 0.3 is 6.18 Å². The lowest BCUT2D eigenvalue weighted by Crippen LogP contribution is -2.08. The zero-order valence-corrected chi connectivity index (χ0v) is 11.8. The Balaban J connectivity index is 3.29. The van der Waals surface area contributed by atoms with Crippen LogP contribution in [-0.2, 0) is 12.6 Å². The molecule has 6 heteroatoms. The number of aliphatic imine (C=N–C) groups is 1. The predicted molar refractivity (Wildman–Crippen MR) is 72.7 cm³/mol. The molecule has 1 rings (SSSR count). The maximum Gasteiger partial charge on any atom is 0.427 e. The van der Waals surface area contributed by atoms with Gasteiger partial charge in [0.25, 0.3) is 0 Å². The third-order valence-corrected chi connectivity index (χ3v) is 3.19. The predicted octanol–water partition coefficient (Wildman–Crippen LogP) is 4.62. The molecule has 104 valence electrons. The number of nitrogens with zero attached hydrogens (tertiary/aromatic N) is 2. The van der Waals surface area contributed by atoms with E-state index in [2.05, 4.69) is 15.9 Å². The summed E-state index contributed by atoms with van der Waals surface area (Å²) in [4.78, 5) is 3.46. The van der Waals surface area contributed by atoms with E-state index >= 15 is 0 Å². The number of halogens is 3. The van der Waals surface area contributed by atoms with Gasteiger partial charge in [-0.2, -0.15) is 17.5 Å². The van der Waals surface area contributed by atoms with E-state index in [1.54, 1.807) is 13.1 Å². The molecule has 1 aromatic rings. The van der Waals surface area contributed by atoms with Crippen LogP contribution >= 0.6 is 11.5 Å². The fraction of sp³-hybridized carbons (Fsp3) is 0.385. The average molecular weight is 288 g/mol. The highest BCUT2D eigenvalue weighted by Gasteiger charge is 2.37. The molecule has 1 heterocycles. The number of hydrogen-bond acceptors (Lipinski definition) is 3. The van der Waals surface area contributed by atoms with Crippen molar-refractivity contribution >= 4 is 17.2 Å². The summed E-state index contributed by atoms with van der Waals surface area (Å²) in [6.07, 6.45) is -1.20. The van der Waals surface area contributed by atoms with Crippen LogP contribution in [0.25, 0.3) is 0 Å². The second kappa shape index (κ2) is 6.14. The summed E-state index contributed by atoms with van der Waals surface area (Å²) in [5, 5.41) is 0. The van der Waals surface area contributed by atoms with E-state index < -0.39 is 11.1 Å². The van der Waals surface area contributed by atoms with Crippen LogP contribution in [0.3, 0.4) is 0 Å². The van der Waals surface area contributed by atoms with Gasteiger partial charge in [-0.1, -0.05) is 11.6 Å². The van der Waals surface area contributed by atoms with E-state index in [0.29, 0.717) is 22.9 Å². The van der Waals surface area contributed by atoms with Gasteiger partial charge in [0.15, 0.2) is 0 Å². The molecule has 0 aliphatic heterocycles. The third kappa shape index (κ3) is 4.02. The van der Waals surface area contributed by atoms with Crippen molar-refractivity contribution < 1.29 is 13.2 Å². The Labute approximate surface area is 114 Å². The fourth-order valence-corrected chi connectivity index (χ4v) is 2.26. The van der Waals surface area contributed by atoms with Crippen LogP contribution in [0, 0.1) is 0 Å². The molecule has 0 saturated carbocycles. The van der Waals surface area contributed by atoms with Crippen LogP contribution in [0.5, 0.6) is 0 Å². The van der Waals surface area contributed by atoms with Gasteiger partial charge in [0.1, 0.15) is 10.6 Å². The largest absolute Gasteiger partial charge is 0.427 e. The van der Waals surface area contributed by atoms with E-state index in [-0.39, 0.29) is 12.0 Å². The number of rotatable bonds is 4. The molecular weight excluding hydrogens is 273 g/mol. The van der Waals surface area contributed by atoms with E-state index in [9.17, 15) is 13.2 Å². The molecule has 0 spiro atoms. The Hall–Kier alpha value is -1.43. The monoisotopic (exact) mass is 288 g/mol. The van der Waals surface area contributed by atoms with Crippen molar-refractivity contribution in [2.75, 3.05) is 0 Å². The maximum atomic E-state index is 12.8. The first kappa shape index (κ1) is 15.6. The fourth-order valence-electron chi connectivity index (χ4n) is 1.44. The first-order valence-corrected chi connectivity index (χ1v) is 6.39. The molecule has 0 unspecified atom stereocenters. The molecule has 0 atom stereocenters. The Morgan fingerprint density at radius 3 is 2.47 bits per heavy atom. The van der Waals surface area contributed by atoms with Crippen LogP contribution < -0.4 is 0 Å². The Kier molecular flexibility index (Phi) is 5.05. The zero-order chi connectivity index (χ0) is 14.6. The molecule has 2 nitrogen and oxygen atoms in total. The van der Waals surface area contributed by atoms with Crippen molar-refractivity contribution in [3.8, 4) is 0 Å². The van der Waals surface area contributed by atoms with Gasteiger partial charge in [0.2, 0.25) is 0 Å². The summed E-state index contributed by atoms with van der Waals surface area (Å²) in [6, 6.07) is 0. The van der Waals surface area contributed by atoms with Crippen molar-refractivity contribution in [2.45, 2.75) is 33.4 Å². The summed E-state index contributed by atoms with van der Waals surface area (Å²) < 4.78 is 42.4. The first-order valence-electron chi connectivity index (χ1n) is 5.62. The average Bonchev–Trinajstić information content (AvgIpc) is 2.70. The van der Waals surface area contributed by atoms with E-state index in [1.807, 2.05) is 13.8 Å². The molecule has 0 aromatic carbocycles. The Morgan fingerprint density at radius 2 is 2.00 bits per heavy atom. The standard InChI is InChI=1S/C13H15F3N2S/c1-5-6-10-11(9(4)17-7-8(2)3)18-19-12(10)13(14,15)16/h5,7H,1,6H2,2-4H3. The lowest BCUT2D eigenvalue weighted by atomic mass is 10.1. The highest BCUT2D eigenvalue weighted by atomic mass is 32.1. The van der Waals surface area contributed by atoms with Crippen molar-refractivity contribution in [1.82, 2.24) is 4.37 Å². The minimum absolute atomic E-state index is 0.127. The van der Waals surface area contributed by atoms with Gasteiger partial charge < -0.3 is 0 Å². The van der Waals surface area contributed by atoms with Crippen molar-refractivity contribution in [3.05, 3.63) is 40.6 Å². The summed E-state index contributed by atoms with van der Waals surface area (Å²) in [6.45, 7) is 8.87. The summed E-state index contributed by atoms with van der Waals surface area (Å²) >= 11 is 0.461. The van der Waals surface area contributed by atoms with Gasteiger partial charge in [-0.25, -0.2) is 0 Å². The summed E-state index contributed by atoms with van der Waals surface area (Å²) in [5.74, 6) is 0. The molecule has 0 radical (unpaired) electrons. The summed E-state index contributed by atoms with van der Waals surface area (Å²) in [7, 11) is 0. The van der Waals surface area contributed by atoms with Crippen LogP contribution in [-0.4, -0.2) is 10.1 Å². The molecule has 0 fully saturated rings. The van der Waals surface area contributed by atoms with Crippen molar-refractivity contribution in [2.24, 2.45) is 4.99 Å². The van der Waals surface area contributed by atoms with E-state index in [0.717, 1.165) is 5.57 Å². The second-order valence-corrected chi connectivity index (χ2v) is 5.02. The Bertz CT molecular complexity index is 520. The van der Waals surface area contributed by atoms with Gasteiger partial charge in [0.05, 0.1) is 5.71 Å². The number of alkyl halides is 3. The molecule has 0 aliphatic rings. The molecule has 0 amide bonds. The zero-order valence-electron chi connectivity index (χ0n) is 11.0. The van der Waals surface area contributed by atoms with Crippen molar-refractivity contribution in [1.29, 1.82) is 0 Å². The SMILES string of the molecule is C=CCc1c(C(C)=NC=C(C)C)nsc1C(F)(F)F. The minimum atomic E-state index is -4.38. The molecule has 1 aromatic heterocycles. The van der Waals surface area contributed by atoms with Crippen LogP contribution in [0.1, 0.15) is 36.9 Å². The van der Waals surface area contributed by atoms with Crippen LogP contribution in [0.15, 0.2) is 29.4 Å². The van der Waals surface area contributed by atoms with Crippen LogP contribution in [0.4, 0.5) is 13.2 Å². The van der Waals surface area contributed by atoms with Gasteiger partial charge in [-0.3, -0.25) is 4.99 Å². The summed E-state index contributed by atoms with van der Waals surface area (Å²) in [5.41, 5.74) is 1.89. The topological polar surface area (TPSA) is 25.2 Å². The van der Waals surface area contributed by atoms with Crippen molar-refractivity contribution in [3.63, 3.8) is 0 Å². The molecule has 0 bridgehead atoms.